The molecule has 6 aromatic rings. The molecular formula is C64H73N7O7. The lowest BCUT2D eigenvalue weighted by molar-refractivity contribution is -0.132. The molecule has 0 unspecified atom stereocenters. The fourth-order valence-corrected chi connectivity index (χ4v) is 10.1. The van der Waals surface area contributed by atoms with E-state index in [1.165, 1.54) is 4.90 Å². The van der Waals surface area contributed by atoms with E-state index in [0.717, 1.165) is 0 Å². The average molecular weight is 1050 g/mol. The molecule has 1 heterocycles. The van der Waals surface area contributed by atoms with Crippen LogP contribution < -0.4 is 0 Å². The highest BCUT2D eigenvalue weighted by molar-refractivity contribution is 6.01. The zero-order valence-electron chi connectivity index (χ0n) is 46.2. The molecule has 7 amide bonds. The first-order valence-electron chi connectivity index (χ1n) is 27.3. The zero-order valence-corrected chi connectivity index (χ0v) is 46.2. The number of fused-ring (bicyclic) bond motifs is 6. The number of hydrogen-bond donors (Lipinski definition) is 0. The minimum atomic E-state index is -0.355. The first-order chi connectivity index (χ1) is 37.8. The van der Waals surface area contributed by atoms with E-state index in [2.05, 4.69) is 0 Å². The molecule has 1 aliphatic rings. The minimum Gasteiger partial charge on any atom is -0.337 e. The Hall–Kier alpha value is -8.39. The number of likely N-dealkylation sites (N-methyl/N-ethyl adjacent to an activating group) is 2. The highest BCUT2D eigenvalue weighted by Gasteiger charge is 2.30. The molecule has 78 heavy (non-hydrogen) atoms. The number of benzene rings is 6. The Bertz CT molecular complexity index is 3140. The number of carbonyl (C=O) groups excluding carboxylic acids is 7. The van der Waals surface area contributed by atoms with Crippen LogP contribution in [0.15, 0.2) is 146 Å². The second kappa shape index (κ2) is 27.1. The highest BCUT2D eigenvalue weighted by atomic mass is 16.2. The van der Waals surface area contributed by atoms with Crippen molar-refractivity contribution < 1.29 is 33.6 Å². The van der Waals surface area contributed by atoms with E-state index in [4.69, 9.17) is 0 Å². The third-order valence-corrected chi connectivity index (χ3v) is 14.7. The Morgan fingerprint density at radius 2 is 0.385 bits per heavy atom. The Morgan fingerprint density at radius 1 is 0.231 bits per heavy atom. The second-order valence-corrected chi connectivity index (χ2v) is 19.3. The Balaban J connectivity index is 1.29. The van der Waals surface area contributed by atoms with E-state index in [1.54, 1.807) is 102 Å². The fourth-order valence-electron chi connectivity index (χ4n) is 10.1. The van der Waals surface area contributed by atoms with Crippen molar-refractivity contribution in [3.8, 4) is 0 Å². The van der Waals surface area contributed by atoms with Gasteiger partial charge in [0.2, 0.25) is 5.91 Å². The van der Waals surface area contributed by atoms with Crippen LogP contribution in [-0.2, 0) is 44.1 Å². The monoisotopic (exact) mass is 1050 g/mol. The molecule has 406 valence electrons. The van der Waals surface area contributed by atoms with Gasteiger partial charge in [-0.05, 0) is 118 Å². The number of rotatable bonds is 7. The summed E-state index contributed by atoms with van der Waals surface area (Å²) in [6, 6.07) is 43.4. The molecule has 0 aliphatic carbocycles. The molecule has 7 rings (SSSR count). The van der Waals surface area contributed by atoms with Gasteiger partial charge in [-0.25, -0.2) is 0 Å². The van der Waals surface area contributed by atoms with Crippen molar-refractivity contribution in [2.75, 3.05) is 52.4 Å². The smallest absolute Gasteiger partial charge is 0.254 e. The van der Waals surface area contributed by atoms with Gasteiger partial charge in [0.1, 0.15) is 6.54 Å². The average Bonchev–Trinajstić information content (AvgIpc) is 3.49. The van der Waals surface area contributed by atoms with Crippen molar-refractivity contribution in [3.05, 3.63) is 212 Å². The predicted octanol–water partition coefficient (Wildman–Crippen LogP) is 9.82. The summed E-state index contributed by atoms with van der Waals surface area (Å²) in [6.07, 6.45) is 0. The lowest BCUT2D eigenvalue weighted by Crippen LogP contribution is -2.43. The molecule has 14 heteroatoms. The Morgan fingerprint density at radius 3 is 0.564 bits per heavy atom. The van der Waals surface area contributed by atoms with Gasteiger partial charge >= 0.3 is 0 Å². The third-order valence-electron chi connectivity index (χ3n) is 14.7. The normalized spacial score (nSPS) is 15.4. The fraction of sp³-hybridized carbons (Fsp3) is 0.328. The van der Waals surface area contributed by atoms with Crippen LogP contribution in [0.25, 0.3) is 0 Å². The summed E-state index contributed by atoms with van der Waals surface area (Å²) >= 11 is 0. The lowest BCUT2D eigenvalue weighted by Gasteiger charge is -2.29. The van der Waals surface area contributed by atoms with Gasteiger partial charge in [-0.1, -0.05) is 109 Å². The molecule has 14 nitrogen and oxygen atoms in total. The van der Waals surface area contributed by atoms with Crippen molar-refractivity contribution in [3.63, 3.8) is 0 Å². The van der Waals surface area contributed by atoms with Crippen molar-refractivity contribution in [2.24, 2.45) is 0 Å². The van der Waals surface area contributed by atoms with Crippen LogP contribution in [0.3, 0.4) is 0 Å². The van der Waals surface area contributed by atoms with Gasteiger partial charge in [-0.2, -0.15) is 0 Å². The van der Waals surface area contributed by atoms with Crippen molar-refractivity contribution >= 4 is 41.4 Å². The van der Waals surface area contributed by atoms with Crippen molar-refractivity contribution in [1.29, 1.82) is 0 Å². The number of amides is 7. The van der Waals surface area contributed by atoms with Gasteiger partial charge in [-0.15, -0.1) is 0 Å². The highest BCUT2D eigenvalue weighted by Crippen LogP contribution is 2.26. The molecule has 6 aromatic carbocycles. The van der Waals surface area contributed by atoms with Gasteiger partial charge in [0.05, 0.1) is 0 Å². The standard InChI is InChI=1S/C64H73N7O7/c1-8-65-39-46-27-15-21-33-52(46)59(73)66(9-2)40-47-28-16-22-34-53(47)60(74)67(10-3)41-48-29-17-23-35-54(48)61(75)68(11-4)42-49-30-18-24-36-55(49)62(76)69(12-5)43-50-31-19-25-37-56(50)63(77)70(13-6)44-51-32-20-26-38-57(51)64(78)71(14-7)45-58(65)72/h15-38H,8-14,39-45H2,1-7H3. The molecule has 0 fully saturated rings. The molecule has 0 radical (unpaired) electrons. The Labute approximate surface area is 459 Å². The predicted molar refractivity (Wildman–Crippen MR) is 303 cm³/mol. The maximum absolute atomic E-state index is 14.7. The summed E-state index contributed by atoms with van der Waals surface area (Å²) in [5.41, 5.74) is 6.37. The lowest BCUT2D eigenvalue weighted by atomic mass is 10.0. The van der Waals surface area contributed by atoms with Crippen molar-refractivity contribution in [2.45, 2.75) is 87.7 Å². The maximum atomic E-state index is 14.7. The van der Waals surface area contributed by atoms with E-state index >= 15 is 0 Å². The van der Waals surface area contributed by atoms with E-state index in [1.807, 2.05) is 121 Å². The van der Waals surface area contributed by atoms with Gasteiger partial charge < -0.3 is 34.3 Å². The zero-order chi connectivity index (χ0) is 55.9. The summed E-state index contributed by atoms with van der Waals surface area (Å²) in [4.78, 5) is 114. The molecule has 0 aromatic heterocycles. The van der Waals surface area contributed by atoms with Crippen LogP contribution in [0.2, 0.25) is 0 Å². The quantitative estimate of drug-likeness (QED) is 0.155. The molecule has 0 bridgehead atoms. The molecule has 0 saturated carbocycles. The summed E-state index contributed by atoms with van der Waals surface area (Å²) in [6.45, 7) is 15.9. The van der Waals surface area contributed by atoms with Gasteiger partial charge in [0.25, 0.3) is 35.4 Å². The summed E-state index contributed by atoms with van der Waals surface area (Å²) in [7, 11) is 0. The van der Waals surface area contributed by atoms with E-state index < -0.39 is 0 Å². The molecule has 1 aliphatic heterocycles. The summed E-state index contributed by atoms with van der Waals surface area (Å²) in [5, 5.41) is 0. The molecule has 0 N–H and O–H groups in total. The molecule has 0 saturated heterocycles. The minimum absolute atomic E-state index is 0.109. The molecule has 0 atom stereocenters. The molecule has 0 spiro atoms. The number of nitrogens with zero attached hydrogens (tertiary/aromatic N) is 7. The van der Waals surface area contributed by atoms with Crippen LogP contribution >= 0.6 is 0 Å². The first-order valence-corrected chi connectivity index (χ1v) is 27.3. The summed E-state index contributed by atoms with van der Waals surface area (Å²) in [5.74, 6) is -1.94. The summed E-state index contributed by atoms with van der Waals surface area (Å²) < 4.78 is 0. The van der Waals surface area contributed by atoms with Crippen LogP contribution in [-0.4, -0.2) is 128 Å². The van der Waals surface area contributed by atoms with Gasteiger partial charge in [0.15, 0.2) is 0 Å². The van der Waals surface area contributed by atoms with E-state index in [9.17, 15) is 33.6 Å². The topological polar surface area (TPSA) is 142 Å². The van der Waals surface area contributed by atoms with Crippen LogP contribution in [0, 0.1) is 0 Å². The van der Waals surface area contributed by atoms with Crippen molar-refractivity contribution in [1.82, 2.24) is 34.3 Å². The number of carbonyl (C=O) groups is 7. The van der Waals surface area contributed by atoms with Crippen LogP contribution in [0.5, 0.6) is 0 Å². The van der Waals surface area contributed by atoms with Crippen LogP contribution in [0.4, 0.5) is 0 Å². The van der Waals surface area contributed by atoms with E-state index in [-0.39, 0.29) is 93.7 Å². The van der Waals surface area contributed by atoms with Gasteiger partial charge in [-0.3, -0.25) is 33.6 Å². The van der Waals surface area contributed by atoms with Gasteiger partial charge in [0, 0.05) is 118 Å². The number of hydrogen-bond acceptors (Lipinski definition) is 7. The largest absolute Gasteiger partial charge is 0.337 e. The second-order valence-electron chi connectivity index (χ2n) is 19.3. The maximum Gasteiger partial charge on any atom is 0.254 e. The Kier molecular flexibility index (Phi) is 19.9. The van der Waals surface area contributed by atoms with E-state index in [0.29, 0.717) is 106 Å². The van der Waals surface area contributed by atoms with Crippen LogP contribution in [0.1, 0.15) is 144 Å². The molecular weight excluding hydrogens is 979 g/mol. The first kappa shape index (κ1) is 57.3. The third kappa shape index (κ3) is 13.1. The SMILES string of the molecule is CCN1Cc2ccccc2C(=O)N(CC)Cc2ccccc2C(=O)N(CC)Cc2ccccc2C(=O)N(CC)Cc2ccccc2C(=O)N(CC)Cc2ccccc2C(=O)N(CC)Cc2ccccc2C(=O)N(CC)CC1=O.